The van der Waals surface area contributed by atoms with Gasteiger partial charge in [-0.1, -0.05) is 18.2 Å². The molecule has 36 heavy (non-hydrogen) atoms. The highest BCUT2D eigenvalue weighted by Gasteiger charge is 2.27. The highest BCUT2D eigenvalue weighted by molar-refractivity contribution is 9.10. The van der Waals surface area contributed by atoms with E-state index in [0.29, 0.717) is 21.5 Å². The second-order valence-electron chi connectivity index (χ2n) is 7.13. The molecule has 0 unspecified atom stereocenters. The number of amides is 1. The highest BCUT2D eigenvalue weighted by Crippen LogP contribution is 2.35. The number of non-ortho nitro benzene ring substituents is 1. The van der Waals surface area contributed by atoms with Crippen LogP contribution >= 0.6 is 15.9 Å². The maximum atomic E-state index is 13.3. The summed E-state index contributed by atoms with van der Waals surface area (Å²) in [5.41, 5.74) is 2.73. The van der Waals surface area contributed by atoms with Crippen molar-refractivity contribution in [1.82, 2.24) is 5.43 Å². The quantitative estimate of drug-likeness (QED) is 0.220. The van der Waals surface area contributed by atoms with Gasteiger partial charge in [0.15, 0.2) is 11.5 Å². The molecule has 0 aliphatic rings. The van der Waals surface area contributed by atoms with Crippen molar-refractivity contribution in [2.24, 2.45) is 5.10 Å². The number of nitrogens with one attached hydrogen (secondary N) is 1. The number of anilines is 1. The Kier molecular flexibility index (Phi) is 8.61. The first-order valence-electron chi connectivity index (χ1n) is 10.2. The van der Waals surface area contributed by atoms with E-state index in [2.05, 4.69) is 26.5 Å². The number of ether oxygens (including phenoxy) is 2. The second-order valence-corrected chi connectivity index (χ2v) is 9.85. The van der Waals surface area contributed by atoms with Crippen molar-refractivity contribution in [1.29, 1.82) is 0 Å². The number of carbonyl (C=O) groups excluding carboxylic acids is 1. The molecule has 0 spiro atoms. The van der Waals surface area contributed by atoms with Crippen LogP contribution in [0.2, 0.25) is 0 Å². The van der Waals surface area contributed by atoms with E-state index < -0.39 is 27.4 Å². The summed E-state index contributed by atoms with van der Waals surface area (Å²) in [6.45, 7) is -0.623. The fourth-order valence-electron chi connectivity index (χ4n) is 3.13. The van der Waals surface area contributed by atoms with Gasteiger partial charge in [-0.05, 0) is 57.9 Å². The predicted octanol–water partition coefficient (Wildman–Crippen LogP) is 3.72. The third-order valence-corrected chi connectivity index (χ3v) is 7.20. The van der Waals surface area contributed by atoms with Crippen molar-refractivity contribution in [3.05, 3.63) is 86.9 Å². The molecule has 0 aliphatic heterocycles. The minimum Gasteiger partial charge on any atom is -0.493 e. The lowest BCUT2D eigenvalue weighted by Crippen LogP contribution is -2.39. The summed E-state index contributed by atoms with van der Waals surface area (Å²) in [6, 6.07) is 15.7. The Morgan fingerprint density at radius 1 is 1.11 bits per heavy atom. The summed E-state index contributed by atoms with van der Waals surface area (Å²) in [7, 11) is -1.19. The molecule has 0 heterocycles. The Balaban J connectivity index is 1.84. The largest absolute Gasteiger partial charge is 0.493 e. The van der Waals surface area contributed by atoms with E-state index in [0.717, 1.165) is 16.4 Å². The number of nitro benzene ring substituents is 1. The van der Waals surface area contributed by atoms with E-state index in [4.69, 9.17) is 9.47 Å². The summed E-state index contributed by atoms with van der Waals surface area (Å²) in [6.07, 6.45) is 1.35. The van der Waals surface area contributed by atoms with Crippen molar-refractivity contribution in [2.45, 2.75) is 4.90 Å². The first kappa shape index (κ1) is 26.6. The molecule has 3 aromatic carbocycles. The van der Waals surface area contributed by atoms with Crippen molar-refractivity contribution in [3.63, 3.8) is 0 Å². The molecular weight excluding hydrogens is 556 g/mol. The Morgan fingerprint density at radius 3 is 2.36 bits per heavy atom. The normalized spacial score (nSPS) is 11.2. The Labute approximate surface area is 215 Å². The number of carbonyl (C=O) groups is 1. The number of hydrogen-bond donors (Lipinski definition) is 1. The number of methoxy groups -OCH3 is 2. The van der Waals surface area contributed by atoms with E-state index >= 15 is 0 Å². The lowest BCUT2D eigenvalue weighted by atomic mass is 10.2. The van der Waals surface area contributed by atoms with Crippen LogP contribution in [-0.2, 0) is 14.8 Å². The number of rotatable bonds is 10. The van der Waals surface area contributed by atoms with Gasteiger partial charge in [0.05, 0.1) is 40.4 Å². The maximum absolute atomic E-state index is 13.3. The van der Waals surface area contributed by atoms with E-state index in [-0.39, 0.29) is 16.3 Å². The number of sulfonamides is 1. The van der Waals surface area contributed by atoms with Crippen molar-refractivity contribution >= 4 is 49.4 Å². The van der Waals surface area contributed by atoms with E-state index in [1.165, 1.54) is 44.7 Å². The molecule has 1 N–H and O–H groups in total. The summed E-state index contributed by atoms with van der Waals surface area (Å²) in [4.78, 5) is 23.0. The smallest absolute Gasteiger partial charge is 0.269 e. The van der Waals surface area contributed by atoms with Crippen LogP contribution in [0.5, 0.6) is 11.5 Å². The molecule has 0 aliphatic carbocycles. The van der Waals surface area contributed by atoms with E-state index in [1.54, 1.807) is 30.3 Å². The summed E-state index contributed by atoms with van der Waals surface area (Å²) < 4.78 is 38.6. The maximum Gasteiger partial charge on any atom is 0.269 e. The van der Waals surface area contributed by atoms with Gasteiger partial charge < -0.3 is 9.47 Å². The zero-order chi connectivity index (χ0) is 26.3. The topological polar surface area (TPSA) is 140 Å². The van der Waals surface area contributed by atoms with Crippen molar-refractivity contribution in [2.75, 3.05) is 25.1 Å². The molecule has 11 nitrogen and oxygen atoms in total. The van der Waals surface area contributed by atoms with Crippen LogP contribution in [-0.4, -0.2) is 46.2 Å². The van der Waals surface area contributed by atoms with Gasteiger partial charge in [0, 0.05) is 12.1 Å². The van der Waals surface area contributed by atoms with Crippen LogP contribution in [0.4, 0.5) is 11.4 Å². The predicted molar refractivity (Wildman–Crippen MR) is 137 cm³/mol. The minimum atomic E-state index is -4.17. The van der Waals surface area contributed by atoms with Gasteiger partial charge in [-0.25, -0.2) is 13.8 Å². The molecule has 3 aromatic rings. The standard InChI is InChI=1S/C23H21BrN4O7S/c1-34-21-13-16(12-20(24)23(21)35-2)14-25-26-22(29)15-27(17-8-10-18(11-9-17)28(30)31)36(32,33)19-6-4-3-5-7-19/h3-14H,15H2,1-2H3,(H,26,29)/b25-14-. The summed E-state index contributed by atoms with van der Waals surface area (Å²) in [5, 5.41) is 14.9. The Morgan fingerprint density at radius 2 is 1.78 bits per heavy atom. The molecule has 188 valence electrons. The molecule has 0 aromatic heterocycles. The third-order valence-electron chi connectivity index (χ3n) is 4.83. The van der Waals surface area contributed by atoms with Gasteiger partial charge in [-0.3, -0.25) is 19.2 Å². The fourth-order valence-corrected chi connectivity index (χ4v) is 5.20. The van der Waals surface area contributed by atoms with Crippen LogP contribution in [0.15, 0.2) is 81.2 Å². The van der Waals surface area contributed by atoms with Crippen LogP contribution in [0.3, 0.4) is 0 Å². The second kappa shape index (κ2) is 11.6. The number of halogens is 1. The van der Waals surface area contributed by atoms with Gasteiger partial charge >= 0.3 is 0 Å². The highest BCUT2D eigenvalue weighted by atomic mass is 79.9. The SMILES string of the molecule is COc1cc(/C=N\NC(=O)CN(c2ccc([N+](=O)[O-])cc2)S(=O)(=O)c2ccccc2)cc(Br)c1OC. The molecule has 0 bridgehead atoms. The van der Waals surface area contributed by atoms with Crippen molar-refractivity contribution in [3.8, 4) is 11.5 Å². The fraction of sp³-hybridized carbons (Fsp3) is 0.130. The lowest BCUT2D eigenvalue weighted by molar-refractivity contribution is -0.384. The minimum absolute atomic E-state index is 0.0465. The Bertz CT molecular complexity index is 1380. The van der Waals surface area contributed by atoms with E-state index in [9.17, 15) is 23.3 Å². The van der Waals surface area contributed by atoms with Gasteiger partial charge in [0.25, 0.3) is 21.6 Å². The molecule has 13 heteroatoms. The van der Waals surface area contributed by atoms with Crippen molar-refractivity contribution < 1.29 is 27.6 Å². The lowest BCUT2D eigenvalue weighted by Gasteiger charge is -2.23. The number of hydrogen-bond acceptors (Lipinski definition) is 8. The first-order chi connectivity index (χ1) is 17.2. The van der Waals surface area contributed by atoms with Gasteiger partial charge in [0.2, 0.25) is 0 Å². The summed E-state index contributed by atoms with van der Waals surface area (Å²) in [5.74, 6) is 0.199. The molecule has 3 rings (SSSR count). The summed E-state index contributed by atoms with van der Waals surface area (Å²) >= 11 is 3.37. The van der Waals surface area contributed by atoms with Crippen LogP contribution < -0.4 is 19.2 Å². The zero-order valence-electron chi connectivity index (χ0n) is 19.1. The van der Waals surface area contributed by atoms with E-state index in [1.807, 2.05) is 0 Å². The number of hydrazone groups is 1. The molecule has 0 fully saturated rings. The number of nitro groups is 1. The number of nitrogens with zero attached hydrogens (tertiary/aromatic N) is 3. The van der Waals surface area contributed by atoms with Gasteiger partial charge in [-0.15, -0.1) is 0 Å². The third kappa shape index (κ3) is 6.17. The monoisotopic (exact) mass is 576 g/mol. The average molecular weight is 577 g/mol. The first-order valence-corrected chi connectivity index (χ1v) is 12.5. The van der Waals surface area contributed by atoms with Crippen LogP contribution in [0, 0.1) is 10.1 Å². The van der Waals surface area contributed by atoms with Crippen LogP contribution in [0.25, 0.3) is 0 Å². The Hall–Kier alpha value is -3.97. The zero-order valence-corrected chi connectivity index (χ0v) is 21.5. The molecule has 1 amide bonds. The van der Waals surface area contributed by atoms with Crippen LogP contribution in [0.1, 0.15) is 5.56 Å². The molecule has 0 radical (unpaired) electrons. The van der Waals surface area contributed by atoms with Gasteiger partial charge in [0.1, 0.15) is 6.54 Å². The average Bonchev–Trinajstić information content (AvgIpc) is 2.87. The van der Waals surface area contributed by atoms with Gasteiger partial charge in [-0.2, -0.15) is 5.10 Å². The molecule has 0 saturated heterocycles. The molecular formula is C23H21BrN4O7S. The number of benzene rings is 3. The molecule has 0 saturated carbocycles. The molecule has 0 atom stereocenters.